The van der Waals surface area contributed by atoms with Gasteiger partial charge >= 0.3 is 5.97 Å². The van der Waals surface area contributed by atoms with Gasteiger partial charge in [0.2, 0.25) is 0 Å². The Kier molecular flexibility index (Phi) is 4.62. The van der Waals surface area contributed by atoms with Crippen molar-refractivity contribution < 1.29 is 14.3 Å². The van der Waals surface area contributed by atoms with Crippen LogP contribution in [0.3, 0.4) is 0 Å². The van der Waals surface area contributed by atoms with E-state index < -0.39 is 0 Å². The fraction of sp³-hybridized carbons (Fsp3) is 0.375. The maximum Gasteiger partial charge on any atom is 0.350 e. The molecule has 2 heterocycles. The number of carbonyl (C=O) groups excluding carboxylic acids is 1. The molecule has 1 fully saturated rings. The number of nitrogens with zero attached hydrogens (tertiary/aromatic N) is 1. The monoisotopic (exact) mass is 303 g/mol. The Morgan fingerprint density at radius 1 is 1.38 bits per heavy atom. The first-order valence-electron chi connectivity index (χ1n) is 7.08. The van der Waals surface area contributed by atoms with Crippen molar-refractivity contribution in [2.75, 3.05) is 13.2 Å². The van der Waals surface area contributed by atoms with Gasteiger partial charge in [0.1, 0.15) is 11.5 Å². The van der Waals surface area contributed by atoms with E-state index in [9.17, 15) is 4.79 Å². The van der Waals surface area contributed by atoms with E-state index in [1.807, 2.05) is 18.2 Å². The third-order valence-corrected chi connectivity index (χ3v) is 4.35. The highest BCUT2D eigenvalue weighted by atomic mass is 32.1. The van der Waals surface area contributed by atoms with Crippen molar-refractivity contribution in [3.8, 4) is 0 Å². The molecule has 110 valence electrons. The van der Waals surface area contributed by atoms with Crippen molar-refractivity contribution in [3.05, 3.63) is 52.0 Å². The standard InChI is InChI=1S/C16H17NO3S/c18-16(20-11-13-7-4-8-19-13)14-10-17-15(21-14)9-12-5-2-1-3-6-12/h1-3,5-6,10,13H,4,7-9,11H2. The molecule has 3 rings (SSSR count). The SMILES string of the molecule is O=C(OCC1CCCO1)c1cnc(Cc2ccccc2)s1. The summed E-state index contributed by atoms with van der Waals surface area (Å²) in [6, 6.07) is 10.1. The van der Waals surface area contributed by atoms with Gasteiger partial charge < -0.3 is 9.47 Å². The van der Waals surface area contributed by atoms with Crippen LogP contribution in [0.4, 0.5) is 0 Å². The first-order valence-corrected chi connectivity index (χ1v) is 7.90. The number of aromatic nitrogens is 1. The van der Waals surface area contributed by atoms with E-state index in [0.29, 0.717) is 11.5 Å². The molecule has 1 aromatic heterocycles. The highest BCUT2D eigenvalue weighted by molar-refractivity contribution is 7.13. The smallest absolute Gasteiger partial charge is 0.350 e. The lowest BCUT2D eigenvalue weighted by Crippen LogP contribution is -2.17. The second kappa shape index (κ2) is 6.83. The number of ether oxygens (including phenoxy) is 2. The first-order chi connectivity index (χ1) is 10.3. The predicted molar refractivity (Wildman–Crippen MR) is 80.6 cm³/mol. The lowest BCUT2D eigenvalue weighted by Gasteiger charge is -2.08. The van der Waals surface area contributed by atoms with E-state index in [0.717, 1.165) is 30.9 Å². The number of hydrogen-bond acceptors (Lipinski definition) is 5. The molecule has 0 amide bonds. The average molecular weight is 303 g/mol. The summed E-state index contributed by atoms with van der Waals surface area (Å²) in [4.78, 5) is 16.8. The lowest BCUT2D eigenvalue weighted by atomic mass is 10.2. The summed E-state index contributed by atoms with van der Waals surface area (Å²) in [6.45, 7) is 1.11. The number of hydrogen-bond donors (Lipinski definition) is 0. The van der Waals surface area contributed by atoms with Crippen molar-refractivity contribution in [2.24, 2.45) is 0 Å². The van der Waals surface area contributed by atoms with Crippen LogP contribution in [0.2, 0.25) is 0 Å². The van der Waals surface area contributed by atoms with Crippen molar-refractivity contribution in [3.63, 3.8) is 0 Å². The van der Waals surface area contributed by atoms with Gasteiger partial charge in [0, 0.05) is 13.0 Å². The number of benzene rings is 1. The van der Waals surface area contributed by atoms with Crippen LogP contribution in [0.1, 0.15) is 33.1 Å². The zero-order valence-corrected chi connectivity index (χ0v) is 12.5. The van der Waals surface area contributed by atoms with Crippen LogP contribution in [0, 0.1) is 0 Å². The predicted octanol–water partition coefficient (Wildman–Crippen LogP) is 3.07. The molecular weight excluding hydrogens is 286 g/mol. The van der Waals surface area contributed by atoms with E-state index in [4.69, 9.17) is 9.47 Å². The van der Waals surface area contributed by atoms with Crippen LogP contribution in [-0.4, -0.2) is 30.3 Å². The Labute approximate surface area is 127 Å². The molecule has 5 heteroatoms. The molecule has 1 unspecified atom stereocenters. The van der Waals surface area contributed by atoms with Crippen molar-refractivity contribution in [1.29, 1.82) is 0 Å². The van der Waals surface area contributed by atoms with Crippen LogP contribution in [0.25, 0.3) is 0 Å². The van der Waals surface area contributed by atoms with E-state index in [-0.39, 0.29) is 12.1 Å². The Morgan fingerprint density at radius 2 is 2.24 bits per heavy atom. The highest BCUT2D eigenvalue weighted by Crippen LogP contribution is 2.19. The minimum Gasteiger partial charge on any atom is -0.459 e. The third kappa shape index (κ3) is 3.89. The van der Waals surface area contributed by atoms with Gasteiger partial charge in [-0.2, -0.15) is 0 Å². The summed E-state index contributed by atoms with van der Waals surface area (Å²) in [5, 5.41) is 0.922. The molecule has 1 aliphatic heterocycles. The average Bonchev–Trinajstić information content (AvgIpc) is 3.17. The van der Waals surface area contributed by atoms with Gasteiger partial charge in [-0.3, -0.25) is 0 Å². The van der Waals surface area contributed by atoms with Crippen LogP contribution < -0.4 is 0 Å². The minimum atomic E-state index is -0.303. The van der Waals surface area contributed by atoms with Gasteiger partial charge in [-0.25, -0.2) is 9.78 Å². The summed E-state index contributed by atoms with van der Waals surface area (Å²) in [5.41, 5.74) is 1.19. The molecule has 0 spiro atoms. The molecule has 0 bridgehead atoms. The quantitative estimate of drug-likeness (QED) is 0.797. The van der Waals surface area contributed by atoms with Crippen molar-refractivity contribution in [1.82, 2.24) is 4.98 Å². The van der Waals surface area contributed by atoms with Gasteiger partial charge in [-0.1, -0.05) is 30.3 Å². The maximum atomic E-state index is 12.0. The largest absolute Gasteiger partial charge is 0.459 e. The minimum absolute atomic E-state index is 0.0608. The number of esters is 1. The summed E-state index contributed by atoms with van der Waals surface area (Å²) in [5.74, 6) is -0.303. The van der Waals surface area contributed by atoms with Gasteiger partial charge in [-0.15, -0.1) is 11.3 Å². The Bertz CT molecular complexity index is 591. The summed E-state index contributed by atoms with van der Waals surface area (Å²) in [7, 11) is 0. The lowest BCUT2D eigenvalue weighted by molar-refractivity contribution is 0.0165. The number of carbonyl (C=O) groups is 1. The Balaban J connectivity index is 1.55. The van der Waals surface area contributed by atoms with Gasteiger partial charge in [0.15, 0.2) is 0 Å². The Morgan fingerprint density at radius 3 is 3.00 bits per heavy atom. The third-order valence-electron chi connectivity index (χ3n) is 3.38. The second-order valence-corrected chi connectivity index (χ2v) is 6.13. The molecule has 1 aromatic carbocycles. The van der Waals surface area contributed by atoms with E-state index in [1.54, 1.807) is 6.20 Å². The first kappa shape index (κ1) is 14.2. The molecule has 0 radical (unpaired) electrons. The second-order valence-electron chi connectivity index (χ2n) is 5.01. The fourth-order valence-electron chi connectivity index (χ4n) is 2.27. The van der Waals surface area contributed by atoms with E-state index in [2.05, 4.69) is 17.1 Å². The molecule has 1 aliphatic rings. The topological polar surface area (TPSA) is 48.4 Å². The van der Waals surface area contributed by atoms with Crippen molar-refractivity contribution >= 4 is 17.3 Å². The molecule has 1 saturated heterocycles. The summed E-state index contributed by atoms with van der Waals surface area (Å²) < 4.78 is 10.7. The Hall–Kier alpha value is -1.72. The molecule has 4 nitrogen and oxygen atoms in total. The van der Waals surface area contributed by atoms with Gasteiger partial charge in [-0.05, 0) is 18.4 Å². The zero-order chi connectivity index (χ0) is 14.5. The zero-order valence-electron chi connectivity index (χ0n) is 11.7. The molecule has 0 N–H and O–H groups in total. The molecule has 1 atom stereocenters. The number of rotatable bonds is 5. The fourth-order valence-corrected chi connectivity index (χ4v) is 3.12. The van der Waals surface area contributed by atoms with E-state index in [1.165, 1.54) is 16.9 Å². The summed E-state index contributed by atoms with van der Waals surface area (Å²) >= 11 is 1.39. The van der Waals surface area contributed by atoms with Crippen LogP contribution in [0.15, 0.2) is 36.5 Å². The maximum absolute atomic E-state index is 12.0. The van der Waals surface area contributed by atoms with Gasteiger partial charge in [0.05, 0.1) is 17.3 Å². The normalized spacial score (nSPS) is 17.8. The van der Waals surface area contributed by atoms with E-state index >= 15 is 0 Å². The summed E-state index contributed by atoms with van der Waals surface area (Å²) in [6.07, 6.45) is 4.41. The van der Waals surface area contributed by atoms with Crippen molar-refractivity contribution in [2.45, 2.75) is 25.4 Å². The van der Waals surface area contributed by atoms with Crippen LogP contribution in [-0.2, 0) is 15.9 Å². The molecule has 21 heavy (non-hydrogen) atoms. The molecular formula is C16H17NO3S. The number of thiazole rings is 1. The molecule has 0 aliphatic carbocycles. The molecule has 2 aromatic rings. The molecule has 0 saturated carbocycles. The van der Waals surface area contributed by atoms with Crippen LogP contribution >= 0.6 is 11.3 Å². The van der Waals surface area contributed by atoms with Gasteiger partial charge in [0.25, 0.3) is 0 Å². The van der Waals surface area contributed by atoms with Crippen LogP contribution in [0.5, 0.6) is 0 Å². The highest BCUT2D eigenvalue weighted by Gasteiger charge is 2.19.